The van der Waals surface area contributed by atoms with Crippen molar-refractivity contribution in [3.63, 3.8) is 0 Å². The topological polar surface area (TPSA) is 84.3 Å². The molecule has 1 N–H and O–H groups in total. The fraction of sp³-hybridized carbons (Fsp3) is 0.304. The molecule has 1 aliphatic rings. The Kier molecular flexibility index (Phi) is 6.48. The number of nitrogens with zero attached hydrogens (tertiary/aromatic N) is 3. The first-order valence-electron chi connectivity index (χ1n) is 10.5. The van der Waals surface area contributed by atoms with Crippen LogP contribution < -0.4 is 5.32 Å². The molecule has 4 rings (SSSR count). The summed E-state index contributed by atoms with van der Waals surface area (Å²) in [7, 11) is -3.57. The molecular formula is C23H26N4O3S. The minimum atomic E-state index is -3.57. The van der Waals surface area contributed by atoms with Gasteiger partial charge in [0.15, 0.2) is 0 Å². The van der Waals surface area contributed by atoms with Crippen LogP contribution >= 0.6 is 0 Å². The molecule has 7 nitrogen and oxygen atoms in total. The summed E-state index contributed by atoms with van der Waals surface area (Å²) >= 11 is 0. The summed E-state index contributed by atoms with van der Waals surface area (Å²) in [6, 6.07) is 15.6. The third kappa shape index (κ3) is 5.21. The number of hydrogen-bond acceptors (Lipinski definition) is 4. The Morgan fingerprint density at radius 1 is 0.968 bits per heavy atom. The van der Waals surface area contributed by atoms with Gasteiger partial charge in [-0.3, -0.25) is 9.48 Å². The number of nitrogens with one attached hydrogen (secondary N) is 1. The normalized spacial score (nSPS) is 15.4. The van der Waals surface area contributed by atoms with Crippen LogP contribution in [0, 0.1) is 0 Å². The van der Waals surface area contributed by atoms with Crippen molar-refractivity contribution in [1.82, 2.24) is 14.1 Å². The van der Waals surface area contributed by atoms with E-state index in [1.807, 2.05) is 29.1 Å². The number of amides is 1. The number of benzene rings is 2. The van der Waals surface area contributed by atoms with Crippen LogP contribution in [-0.4, -0.2) is 41.5 Å². The lowest BCUT2D eigenvalue weighted by atomic mass is 10.1. The van der Waals surface area contributed by atoms with Crippen LogP contribution in [0.4, 0.5) is 5.69 Å². The number of rotatable bonds is 6. The summed E-state index contributed by atoms with van der Waals surface area (Å²) in [5.74, 6) is -0.282. The lowest BCUT2D eigenvalue weighted by molar-refractivity contribution is 0.102. The molecule has 2 aromatic carbocycles. The van der Waals surface area contributed by atoms with Crippen molar-refractivity contribution >= 4 is 21.6 Å². The third-order valence-corrected chi connectivity index (χ3v) is 7.31. The highest BCUT2D eigenvalue weighted by atomic mass is 32.2. The molecule has 3 aromatic rings. The van der Waals surface area contributed by atoms with Gasteiger partial charge in [0.05, 0.1) is 11.4 Å². The number of sulfonamides is 1. The van der Waals surface area contributed by atoms with Gasteiger partial charge in [0, 0.05) is 36.7 Å². The van der Waals surface area contributed by atoms with Crippen molar-refractivity contribution in [1.29, 1.82) is 0 Å². The molecule has 2 heterocycles. The van der Waals surface area contributed by atoms with Crippen molar-refractivity contribution in [2.75, 3.05) is 18.4 Å². The van der Waals surface area contributed by atoms with Crippen molar-refractivity contribution in [3.05, 3.63) is 78.1 Å². The molecule has 8 heteroatoms. The molecule has 0 aliphatic carbocycles. The lowest BCUT2D eigenvalue weighted by Crippen LogP contribution is -2.32. The minimum Gasteiger partial charge on any atom is -0.322 e. The predicted octanol–water partition coefficient (Wildman–Crippen LogP) is 3.75. The number of aromatic nitrogens is 2. The third-order valence-electron chi connectivity index (χ3n) is 5.41. The second kappa shape index (κ2) is 9.45. The van der Waals surface area contributed by atoms with Gasteiger partial charge < -0.3 is 5.32 Å². The Morgan fingerprint density at radius 3 is 2.39 bits per heavy atom. The Bertz CT molecular complexity index is 1120. The Morgan fingerprint density at radius 2 is 1.71 bits per heavy atom. The maximum Gasteiger partial charge on any atom is 0.255 e. The van der Waals surface area contributed by atoms with Crippen molar-refractivity contribution in [2.45, 2.75) is 37.1 Å². The maximum atomic E-state index is 13.0. The molecule has 1 aromatic heterocycles. The average Bonchev–Trinajstić information content (AvgIpc) is 3.12. The van der Waals surface area contributed by atoms with Gasteiger partial charge in [-0.1, -0.05) is 31.0 Å². The first-order chi connectivity index (χ1) is 15.0. The zero-order chi connectivity index (χ0) is 21.7. The minimum absolute atomic E-state index is 0.210. The van der Waals surface area contributed by atoms with E-state index in [1.165, 1.54) is 6.07 Å². The average molecular weight is 439 g/mol. The van der Waals surface area contributed by atoms with Crippen molar-refractivity contribution in [2.24, 2.45) is 0 Å². The summed E-state index contributed by atoms with van der Waals surface area (Å²) in [6.07, 6.45) is 7.49. The van der Waals surface area contributed by atoms with E-state index in [1.54, 1.807) is 40.8 Å². The summed E-state index contributed by atoms with van der Waals surface area (Å²) < 4.78 is 29.4. The molecule has 0 saturated carbocycles. The van der Waals surface area contributed by atoms with E-state index in [4.69, 9.17) is 0 Å². The molecule has 1 saturated heterocycles. The van der Waals surface area contributed by atoms with Gasteiger partial charge in [0.25, 0.3) is 5.91 Å². The van der Waals surface area contributed by atoms with Crippen molar-refractivity contribution < 1.29 is 13.2 Å². The van der Waals surface area contributed by atoms with E-state index in [-0.39, 0.29) is 10.8 Å². The standard InChI is InChI=1S/C23H26N4O3S/c28-23(20-11-9-19(10-12-20)18-26-14-6-13-24-26)25-21-7-5-8-22(17-21)31(29,30)27-15-3-1-2-4-16-27/h5-14,17H,1-4,15-16,18H2,(H,25,28). The maximum absolute atomic E-state index is 13.0. The van der Waals surface area contributed by atoms with Gasteiger partial charge in [-0.05, 0) is 54.8 Å². The molecule has 162 valence electrons. The number of anilines is 1. The van der Waals surface area contributed by atoms with Gasteiger partial charge in [0.2, 0.25) is 10.0 Å². The van der Waals surface area contributed by atoms with Gasteiger partial charge in [-0.2, -0.15) is 9.40 Å². The van der Waals surface area contributed by atoms with Crippen molar-refractivity contribution in [3.8, 4) is 0 Å². The van der Waals surface area contributed by atoms with E-state index in [2.05, 4.69) is 10.4 Å². The molecular weight excluding hydrogens is 412 g/mol. The van der Waals surface area contributed by atoms with Crippen LogP contribution in [0.2, 0.25) is 0 Å². The quantitative estimate of drug-likeness (QED) is 0.635. The Hall–Kier alpha value is -2.97. The second-order valence-corrected chi connectivity index (χ2v) is 9.64. The predicted molar refractivity (Wildman–Crippen MR) is 119 cm³/mol. The van der Waals surface area contributed by atoms with E-state index in [0.29, 0.717) is 30.9 Å². The first kappa shape index (κ1) is 21.3. The van der Waals surface area contributed by atoms with Gasteiger partial charge in [-0.15, -0.1) is 0 Å². The van der Waals surface area contributed by atoms with E-state index < -0.39 is 10.0 Å². The van der Waals surface area contributed by atoms with Gasteiger partial charge >= 0.3 is 0 Å². The molecule has 0 unspecified atom stereocenters. The molecule has 1 amide bonds. The summed E-state index contributed by atoms with van der Waals surface area (Å²) in [6.45, 7) is 1.72. The molecule has 0 spiro atoms. The van der Waals surface area contributed by atoms with Crippen LogP contribution in [-0.2, 0) is 16.6 Å². The molecule has 0 bridgehead atoms. The van der Waals surface area contributed by atoms with Crippen LogP contribution in [0.1, 0.15) is 41.6 Å². The van der Waals surface area contributed by atoms with E-state index in [0.717, 1.165) is 31.2 Å². The Balaban J connectivity index is 1.45. The Labute approximate surface area is 182 Å². The van der Waals surface area contributed by atoms with Gasteiger partial charge in [-0.25, -0.2) is 8.42 Å². The molecule has 1 fully saturated rings. The number of carbonyl (C=O) groups excluding carboxylic acids is 1. The smallest absolute Gasteiger partial charge is 0.255 e. The summed E-state index contributed by atoms with van der Waals surface area (Å²) in [4.78, 5) is 12.9. The fourth-order valence-corrected chi connectivity index (χ4v) is 5.27. The van der Waals surface area contributed by atoms with Crippen LogP contribution in [0.3, 0.4) is 0 Å². The monoisotopic (exact) mass is 438 g/mol. The van der Waals surface area contributed by atoms with Crippen LogP contribution in [0.25, 0.3) is 0 Å². The fourth-order valence-electron chi connectivity index (χ4n) is 3.71. The SMILES string of the molecule is O=C(Nc1cccc(S(=O)(=O)N2CCCCCC2)c1)c1ccc(Cn2cccn2)cc1. The number of hydrogen-bond donors (Lipinski definition) is 1. The largest absolute Gasteiger partial charge is 0.322 e. The van der Waals surface area contributed by atoms with Gasteiger partial charge in [0.1, 0.15) is 0 Å². The molecule has 0 radical (unpaired) electrons. The zero-order valence-electron chi connectivity index (χ0n) is 17.3. The van der Waals surface area contributed by atoms with E-state index >= 15 is 0 Å². The summed E-state index contributed by atoms with van der Waals surface area (Å²) in [5, 5.41) is 6.99. The molecule has 0 atom stereocenters. The van der Waals surface area contributed by atoms with Crippen LogP contribution in [0.5, 0.6) is 0 Å². The summed E-state index contributed by atoms with van der Waals surface area (Å²) in [5.41, 5.74) is 2.00. The lowest BCUT2D eigenvalue weighted by Gasteiger charge is -2.20. The number of carbonyl (C=O) groups is 1. The highest BCUT2D eigenvalue weighted by Crippen LogP contribution is 2.23. The second-order valence-electron chi connectivity index (χ2n) is 7.70. The highest BCUT2D eigenvalue weighted by Gasteiger charge is 2.25. The molecule has 1 aliphatic heterocycles. The zero-order valence-corrected chi connectivity index (χ0v) is 18.1. The van der Waals surface area contributed by atoms with E-state index in [9.17, 15) is 13.2 Å². The highest BCUT2D eigenvalue weighted by molar-refractivity contribution is 7.89. The van der Waals surface area contributed by atoms with Crippen LogP contribution in [0.15, 0.2) is 71.9 Å². The molecule has 31 heavy (non-hydrogen) atoms. The first-order valence-corrected chi connectivity index (χ1v) is 11.9.